The van der Waals surface area contributed by atoms with Gasteiger partial charge >= 0.3 is 0 Å². The van der Waals surface area contributed by atoms with Crippen LogP contribution >= 0.6 is 22.6 Å². The van der Waals surface area contributed by atoms with Crippen LogP contribution in [0.4, 0.5) is 0 Å². The van der Waals surface area contributed by atoms with Gasteiger partial charge in [-0.1, -0.05) is 6.07 Å². The van der Waals surface area contributed by atoms with Gasteiger partial charge in [0.15, 0.2) is 23.0 Å². The lowest BCUT2D eigenvalue weighted by atomic mass is 10.1. The van der Waals surface area contributed by atoms with Gasteiger partial charge in [0, 0.05) is 0 Å². The van der Waals surface area contributed by atoms with Crippen molar-refractivity contribution in [3.63, 3.8) is 0 Å². The van der Waals surface area contributed by atoms with Crippen LogP contribution in [0, 0.1) is 3.57 Å². The highest BCUT2D eigenvalue weighted by atomic mass is 127. The average Bonchev–Trinajstić information content (AvgIpc) is 2.70. The highest BCUT2D eigenvalue weighted by Gasteiger charge is 2.11. The highest BCUT2D eigenvalue weighted by molar-refractivity contribution is 14.1. The van der Waals surface area contributed by atoms with Crippen LogP contribution < -0.4 is 24.4 Å². The molecule has 2 rings (SSSR count). The number of methoxy groups -OCH3 is 2. The summed E-state index contributed by atoms with van der Waals surface area (Å²) in [6.45, 7) is 4.92. The minimum atomic E-state index is -0.237. The number of nitrogens with zero attached hydrogens (tertiary/aromatic N) is 1. The van der Waals surface area contributed by atoms with E-state index in [1.807, 2.05) is 32.0 Å². The fraction of sp³-hybridized carbons (Fsp3) is 0.333. The van der Waals surface area contributed by atoms with E-state index < -0.39 is 0 Å². The predicted octanol–water partition coefficient (Wildman–Crippen LogP) is 3.80. The Kier molecular flexibility index (Phi) is 9.04. The number of halogens is 1. The van der Waals surface area contributed by atoms with Gasteiger partial charge < -0.3 is 18.9 Å². The maximum absolute atomic E-state index is 12.2. The van der Waals surface area contributed by atoms with E-state index in [0.717, 1.165) is 14.7 Å². The van der Waals surface area contributed by atoms with Crippen molar-refractivity contribution in [1.82, 2.24) is 5.43 Å². The van der Waals surface area contributed by atoms with Crippen molar-refractivity contribution in [2.75, 3.05) is 27.4 Å². The zero-order valence-corrected chi connectivity index (χ0v) is 19.1. The van der Waals surface area contributed by atoms with Gasteiger partial charge in [-0.2, -0.15) is 5.10 Å². The SMILES string of the molecule is CCOc1cc(/C=N/NC(=O)Cc2ccc(OC)c(OC)c2)cc(I)c1OCC. The van der Waals surface area contributed by atoms with Crippen LogP contribution in [0.5, 0.6) is 23.0 Å². The van der Waals surface area contributed by atoms with E-state index in [1.165, 1.54) is 0 Å². The standard InChI is InChI=1S/C21H25IN2O5/c1-5-28-19-11-15(9-16(22)21(19)29-6-2)13-23-24-20(25)12-14-7-8-17(26-3)18(10-14)27-4/h7-11,13H,5-6,12H2,1-4H3,(H,24,25)/b23-13+. The zero-order chi connectivity index (χ0) is 21.2. The number of amides is 1. The molecule has 2 aromatic carbocycles. The first kappa shape index (κ1) is 22.8. The van der Waals surface area contributed by atoms with Gasteiger partial charge in [0.25, 0.3) is 0 Å². The molecule has 2 aromatic rings. The topological polar surface area (TPSA) is 78.4 Å². The van der Waals surface area contributed by atoms with E-state index in [-0.39, 0.29) is 12.3 Å². The van der Waals surface area contributed by atoms with E-state index >= 15 is 0 Å². The monoisotopic (exact) mass is 512 g/mol. The Morgan fingerprint density at radius 3 is 2.41 bits per heavy atom. The third-order valence-electron chi connectivity index (χ3n) is 3.84. The molecule has 0 aromatic heterocycles. The molecular weight excluding hydrogens is 487 g/mol. The van der Waals surface area contributed by atoms with Gasteiger partial charge in [0.2, 0.25) is 5.91 Å². The summed E-state index contributed by atoms with van der Waals surface area (Å²) in [4.78, 5) is 12.2. The van der Waals surface area contributed by atoms with E-state index in [1.54, 1.807) is 32.6 Å². The van der Waals surface area contributed by atoms with E-state index in [0.29, 0.717) is 36.2 Å². The number of benzene rings is 2. The first-order chi connectivity index (χ1) is 14.0. The predicted molar refractivity (Wildman–Crippen MR) is 120 cm³/mol. The molecule has 0 atom stereocenters. The fourth-order valence-corrected chi connectivity index (χ4v) is 3.39. The summed E-state index contributed by atoms with van der Waals surface area (Å²) in [5, 5.41) is 4.05. The molecule has 1 amide bonds. The fourth-order valence-electron chi connectivity index (χ4n) is 2.60. The van der Waals surface area contributed by atoms with Crippen LogP contribution in [0.2, 0.25) is 0 Å². The van der Waals surface area contributed by atoms with Crippen LogP contribution in [0.3, 0.4) is 0 Å². The number of nitrogens with one attached hydrogen (secondary N) is 1. The molecule has 0 spiro atoms. The molecule has 0 fully saturated rings. The lowest BCUT2D eigenvalue weighted by Crippen LogP contribution is -2.19. The minimum Gasteiger partial charge on any atom is -0.493 e. The molecule has 0 unspecified atom stereocenters. The van der Waals surface area contributed by atoms with Gasteiger partial charge in [0.05, 0.1) is 43.6 Å². The average molecular weight is 512 g/mol. The number of hydrazone groups is 1. The highest BCUT2D eigenvalue weighted by Crippen LogP contribution is 2.34. The van der Waals surface area contributed by atoms with E-state index in [4.69, 9.17) is 18.9 Å². The van der Waals surface area contributed by atoms with E-state index in [2.05, 4.69) is 33.1 Å². The second-order valence-corrected chi connectivity index (χ2v) is 7.02. The number of carbonyl (C=O) groups is 1. The van der Waals surface area contributed by atoms with Crippen molar-refractivity contribution in [2.24, 2.45) is 5.10 Å². The van der Waals surface area contributed by atoms with Crippen LogP contribution in [-0.2, 0) is 11.2 Å². The molecule has 0 saturated heterocycles. The van der Waals surface area contributed by atoms with Gasteiger partial charge in [-0.15, -0.1) is 0 Å². The normalized spacial score (nSPS) is 10.7. The number of rotatable bonds is 10. The number of hydrogen-bond donors (Lipinski definition) is 1. The lowest BCUT2D eigenvalue weighted by molar-refractivity contribution is -0.120. The van der Waals surface area contributed by atoms with Crippen LogP contribution in [0.15, 0.2) is 35.4 Å². The summed E-state index contributed by atoms with van der Waals surface area (Å²) in [6, 6.07) is 9.10. The lowest BCUT2D eigenvalue weighted by Gasteiger charge is -2.13. The van der Waals surface area contributed by atoms with Crippen LogP contribution in [0.25, 0.3) is 0 Å². The Bertz CT molecular complexity index is 870. The van der Waals surface area contributed by atoms with Crippen molar-refractivity contribution in [3.8, 4) is 23.0 Å². The molecule has 0 aliphatic rings. The van der Waals surface area contributed by atoms with Crippen molar-refractivity contribution < 1.29 is 23.7 Å². The summed E-state index contributed by atoms with van der Waals surface area (Å²) in [5.41, 5.74) is 4.14. The van der Waals surface area contributed by atoms with Crippen molar-refractivity contribution in [3.05, 3.63) is 45.0 Å². The van der Waals surface area contributed by atoms with Gasteiger partial charge in [-0.25, -0.2) is 5.43 Å². The molecule has 1 N–H and O–H groups in total. The third-order valence-corrected chi connectivity index (χ3v) is 4.64. The first-order valence-electron chi connectivity index (χ1n) is 9.14. The van der Waals surface area contributed by atoms with Crippen molar-refractivity contribution >= 4 is 34.7 Å². The number of hydrogen-bond acceptors (Lipinski definition) is 6. The summed E-state index contributed by atoms with van der Waals surface area (Å²) in [6.07, 6.45) is 1.75. The number of carbonyl (C=O) groups excluding carboxylic acids is 1. The van der Waals surface area contributed by atoms with Gasteiger partial charge in [-0.05, 0) is 71.8 Å². The molecule has 0 bridgehead atoms. The van der Waals surface area contributed by atoms with Gasteiger partial charge in [-0.3, -0.25) is 4.79 Å². The summed E-state index contributed by atoms with van der Waals surface area (Å²) in [5.74, 6) is 2.32. The first-order valence-corrected chi connectivity index (χ1v) is 10.2. The van der Waals surface area contributed by atoms with E-state index in [9.17, 15) is 4.79 Å². The second-order valence-electron chi connectivity index (χ2n) is 5.86. The van der Waals surface area contributed by atoms with Crippen molar-refractivity contribution in [2.45, 2.75) is 20.3 Å². The maximum Gasteiger partial charge on any atom is 0.244 e. The Balaban J connectivity index is 2.04. The quantitative estimate of drug-likeness (QED) is 0.298. The molecular formula is C21H25IN2O5. The van der Waals surface area contributed by atoms with Gasteiger partial charge in [0.1, 0.15) is 0 Å². The third kappa shape index (κ3) is 6.52. The molecule has 7 nitrogen and oxygen atoms in total. The molecule has 29 heavy (non-hydrogen) atoms. The minimum absolute atomic E-state index is 0.169. The molecule has 0 aliphatic carbocycles. The molecule has 156 valence electrons. The Morgan fingerprint density at radius 2 is 1.76 bits per heavy atom. The largest absolute Gasteiger partial charge is 0.493 e. The molecule has 0 heterocycles. The molecule has 0 aliphatic heterocycles. The summed E-state index contributed by atoms with van der Waals surface area (Å²) in [7, 11) is 3.12. The Labute approximate surface area is 184 Å². The zero-order valence-electron chi connectivity index (χ0n) is 17.0. The Hall–Kier alpha value is -2.49. The van der Waals surface area contributed by atoms with Crippen molar-refractivity contribution in [1.29, 1.82) is 0 Å². The van der Waals surface area contributed by atoms with Crippen LogP contribution in [-0.4, -0.2) is 39.6 Å². The molecule has 8 heteroatoms. The molecule has 0 radical (unpaired) electrons. The maximum atomic E-state index is 12.2. The molecule has 0 saturated carbocycles. The summed E-state index contributed by atoms with van der Waals surface area (Å²) >= 11 is 2.19. The summed E-state index contributed by atoms with van der Waals surface area (Å²) < 4.78 is 22.7. The second kappa shape index (κ2) is 11.5. The van der Waals surface area contributed by atoms with Crippen LogP contribution in [0.1, 0.15) is 25.0 Å². The Morgan fingerprint density at radius 1 is 1.03 bits per heavy atom. The smallest absolute Gasteiger partial charge is 0.244 e. The number of ether oxygens (including phenoxy) is 4.